The summed E-state index contributed by atoms with van der Waals surface area (Å²) in [5, 5.41) is 0. The molecule has 98 valence electrons. The van der Waals surface area contributed by atoms with Crippen LogP contribution in [0.3, 0.4) is 0 Å². The molecule has 1 aromatic carbocycles. The summed E-state index contributed by atoms with van der Waals surface area (Å²) in [4.78, 5) is 0. The molecule has 2 aromatic rings. The molecule has 5 heteroatoms. The standard InChI is InChI=1S/C13H16F3N2/c1-3-4-9-18-11-8-6-5-7-10(11)17(2)12(18)13(14,15)16/h5-8H,3-4,9H2,1-2H3/q+1. The number of para-hydroxylation sites is 2. The molecule has 2 rings (SSSR count). The second kappa shape index (κ2) is 4.63. The van der Waals surface area contributed by atoms with Crippen molar-refractivity contribution in [2.45, 2.75) is 32.5 Å². The fourth-order valence-electron chi connectivity index (χ4n) is 2.27. The van der Waals surface area contributed by atoms with Gasteiger partial charge >= 0.3 is 12.0 Å². The number of hydrogen-bond acceptors (Lipinski definition) is 0. The van der Waals surface area contributed by atoms with Crippen molar-refractivity contribution in [3.63, 3.8) is 0 Å². The van der Waals surface area contributed by atoms with Gasteiger partial charge in [-0.1, -0.05) is 25.5 Å². The average molecular weight is 257 g/mol. The Balaban J connectivity index is 2.69. The number of hydrogen-bond donors (Lipinski definition) is 0. The molecule has 0 bridgehead atoms. The zero-order chi connectivity index (χ0) is 13.3. The van der Waals surface area contributed by atoms with Crippen molar-refractivity contribution in [1.29, 1.82) is 0 Å². The molecule has 0 unspecified atom stereocenters. The molecule has 18 heavy (non-hydrogen) atoms. The van der Waals surface area contributed by atoms with Crippen LogP contribution in [0.25, 0.3) is 11.0 Å². The SMILES string of the molecule is CCCCn1c(C(F)(F)F)[n+](C)c2ccccc21. The third-order valence-electron chi connectivity index (χ3n) is 3.10. The lowest BCUT2D eigenvalue weighted by molar-refractivity contribution is -0.667. The van der Waals surface area contributed by atoms with E-state index in [1.54, 1.807) is 24.3 Å². The van der Waals surface area contributed by atoms with Crippen molar-refractivity contribution < 1.29 is 17.7 Å². The molecule has 0 aliphatic carbocycles. The Morgan fingerprint density at radius 2 is 1.89 bits per heavy atom. The van der Waals surface area contributed by atoms with Crippen LogP contribution in [0.2, 0.25) is 0 Å². The summed E-state index contributed by atoms with van der Waals surface area (Å²) in [7, 11) is 1.47. The minimum Gasteiger partial charge on any atom is -0.222 e. The molecular weight excluding hydrogens is 241 g/mol. The van der Waals surface area contributed by atoms with Crippen LogP contribution in [-0.4, -0.2) is 4.57 Å². The summed E-state index contributed by atoms with van der Waals surface area (Å²) in [5.74, 6) is -0.586. The third kappa shape index (κ3) is 2.09. The first kappa shape index (κ1) is 12.9. The van der Waals surface area contributed by atoms with E-state index in [-0.39, 0.29) is 0 Å². The van der Waals surface area contributed by atoms with Gasteiger partial charge in [0, 0.05) is 0 Å². The van der Waals surface area contributed by atoms with Crippen molar-refractivity contribution in [1.82, 2.24) is 4.57 Å². The number of halogens is 3. The number of aryl methyl sites for hydroxylation is 2. The van der Waals surface area contributed by atoms with E-state index in [2.05, 4.69) is 0 Å². The first-order valence-electron chi connectivity index (χ1n) is 6.01. The Morgan fingerprint density at radius 1 is 1.22 bits per heavy atom. The van der Waals surface area contributed by atoms with Gasteiger partial charge in [0.2, 0.25) is 0 Å². The maximum atomic E-state index is 13.1. The van der Waals surface area contributed by atoms with Gasteiger partial charge in [0.05, 0.1) is 13.6 Å². The van der Waals surface area contributed by atoms with Crippen LogP contribution < -0.4 is 4.57 Å². The Hall–Kier alpha value is -1.52. The second-order valence-corrected chi connectivity index (χ2v) is 4.37. The van der Waals surface area contributed by atoms with Gasteiger partial charge in [-0.15, -0.1) is 0 Å². The first-order valence-corrected chi connectivity index (χ1v) is 6.01. The molecule has 1 aromatic heterocycles. The van der Waals surface area contributed by atoms with Gasteiger partial charge in [0.15, 0.2) is 11.0 Å². The summed E-state index contributed by atoms with van der Waals surface area (Å²) < 4.78 is 42.0. The number of nitrogens with zero attached hydrogens (tertiary/aromatic N) is 2. The largest absolute Gasteiger partial charge is 0.495 e. The summed E-state index contributed by atoms with van der Waals surface area (Å²) >= 11 is 0. The lowest BCUT2D eigenvalue weighted by atomic mass is 10.3. The number of alkyl halides is 3. The van der Waals surface area contributed by atoms with Crippen molar-refractivity contribution in [2.24, 2.45) is 7.05 Å². The molecule has 0 N–H and O–H groups in total. The molecular formula is C13H16F3N2+. The third-order valence-corrected chi connectivity index (χ3v) is 3.10. The van der Waals surface area contributed by atoms with Gasteiger partial charge in [-0.2, -0.15) is 13.2 Å². The topological polar surface area (TPSA) is 8.81 Å². The molecule has 2 nitrogen and oxygen atoms in total. The fourth-order valence-corrected chi connectivity index (χ4v) is 2.27. The molecule has 0 saturated carbocycles. The summed E-state index contributed by atoms with van der Waals surface area (Å²) in [6.45, 7) is 2.37. The Bertz CT molecular complexity index is 555. The van der Waals surface area contributed by atoms with E-state index < -0.39 is 12.0 Å². The minimum absolute atomic E-state index is 0.396. The number of imidazole rings is 1. The van der Waals surface area contributed by atoms with Crippen molar-refractivity contribution >= 4 is 11.0 Å². The van der Waals surface area contributed by atoms with Gasteiger partial charge in [0.1, 0.15) is 0 Å². The number of unbranched alkanes of at least 4 members (excludes halogenated alkanes) is 1. The summed E-state index contributed by atoms with van der Waals surface area (Å²) in [6, 6.07) is 6.98. The van der Waals surface area contributed by atoms with Gasteiger partial charge in [-0.25, -0.2) is 9.13 Å². The van der Waals surface area contributed by atoms with Crippen LogP contribution in [-0.2, 0) is 19.8 Å². The van der Waals surface area contributed by atoms with Crippen LogP contribution >= 0.6 is 0 Å². The van der Waals surface area contributed by atoms with Gasteiger partial charge < -0.3 is 0 Å². The van der Waals surface area contributed by atoms with Crippen LogP contribution in [0.4, 0.5) is 13.2 Å². The highest BCUT2D eigenvalue weighted by Gasteiger charge is 2.45. The maximum absolute atomic E-state index is 13.1. The predicted octanol–water partition coefficient (Wildman–Crippen LogP) is 3.28. The van der Waals surface area contributed by atoms with Crippen molar-refractivity contribution in [3.05, 3.63) is 30.1 Å². The van der Waals surface area contributed by atoms with Crippen molar-refractivity contribution in [3.8, 4) is 0 Å². The Morgan fingerprint density at radius 3 is 2.50 bits per heavy atom. The highest BCUT2D eigenvalue weighted by molar-refractivity contribution is 5.72. The highest BCUT2D eigenvalue weighted by Crippen LogP contribution is 2.30. The van der Waals surface area contributed by atoms with Gasteiger partial charge in [-0.05, 0) is 18.6 Å². The maximum Gasteiger partial charge on any atom is 0.495 e. The predicted molar refractivity (Wildman–Crippen MR) is 63.0 cm³/mol. The van der Waals surface area contributed by atoms with E-state index in [1.807, 2.05) is 6.92 Å². The smallest absolute Gasteiger partial charge is 0.222 e. The van der Waals surface area contributed by atoms with E-state index in [4.69, 9.17) is 0 Å². The van der Waals surface area contributed by atoms with Crippen LogP contribution in [0.5, 0.6) is 0 Å². The quantitative estimate of drug-likeness (QED) is 0.746. The van der Waals surface area contributed by atoms with Gasteiger partial charge in [-0.3, -0.25) is 0 Å². The van der Waals surface area contributed by atoms with E-state index in [0.717, 1.165) is 12.8 Å². The molecule has 0 radical (unpaired) electrons. The Labute approximate surface area is 104 Å². The van der Waals surface area contributed by atoms with Crippen LogP contribution in [0, 0.1) is 0 Å². The lowest BCUT2D eigenvalue weighted by Crippen LogP contribution is -2.38. The van der Waals surface area contributed by atoms with E-state index in [9.17, 15) is 13.2 Å². The van der Waals surface area contributed by atoms with Gasteiger partial charge in [0.25, 0.3) is 0 Å². The lowest BCUT2D eigenvalue weighted by Gasteiger charge is -2.05. The molecule has 0 spiro atoms. The molecule has 0 saturated heterocycles. The van der Waals surface area contributed by atoms with E-state index >= 15 is 0 Å². The van der Waals surface area contributed by atoms with E-state index in [1.165, 1.54) is 16.2 Å². The van der Waals surface area contributed by atoms with E-state index in [0.29, 0.717) is 17.6 Å². The molecule has 0 fully saturated rings. The molecule has 1 heterocycles. The van der Waals surface area contributed by atoms with Crippen LogP contribution in [0.1, 0.15) is 25.6 Å². The highest BCUT2D eigenvalue weighted by atomic mass is 19.4. The normalized spacial score (nSPS) is 12.3. The summed E-state index contributed by atoms with van der Waals surface area (Å²) in [5.41, 5.74) is 1.25. The second-order valence-electron chi connectivity index (χ2n) is 4.37. The molecule has 0 aliphatic rings. The number of aromatic nitrogens is 2. The number of rotatable bonds is 3. The van der Waals surface area contributed by atoms with Crippen LogP contribution in [0.15, 0.2) is 24.3 Å². The summed E-state index contributed by atoms with van der Waals surface area (Å²) in [6.07, 6.45) is -2.73. The minimum atomic E-state index is -4.33. The zero-order valence-electron chi connectivity index (χ0n) is 10.5. The zero-order valence-corrected chi connectivity index (χ0v) is 10.5. The molecule has 0 amide bonds. The first-order chi connectivity index (χ1) is 8.46. The number of benzene rings is 1. The molecule has 0 atom stereocenters. The number of fused-ring (bicyclic) bond motifs is 1. The molecule has 0 aliphatic heterocycles. The fraction of sp³-hybridized carbons (Fsp3) is 0.462. The van der Waals surface area contributed by atoms with Crippen molar-refractivity contribution in [2.75, 3.05) is 0 Å². The average Bonchev–Trinajstić information content (AvgIpc) is 2.60. The Kier molecular flexibility index (Phi) is 3.32. The monoisotopic (exact) mass is 257 g/mol.